The van der Waals surface area contributed by atoms with Crippen molar-refractivity contribution >= 4 is 0 Å². The van der Waals surface area contributed by atoms with Crippen molar-refractivity contribution in [3.05, 3.63) is 0 Å². The second-order valence-corrected chi connectivity index (χ2v) is 4.90. The summed E-state index contributed by atoms with van der Waals surface area (Å²) in [5.74, 6) is 0. The van der Waals surface area contributed by atoms with E-state index in [1.807, 2.05) is 0 Å². The normalized spacial score (nSPS) is 11.6. The Hall–Kier alpha value is -0.0800. The van der Waals surface area contributed by atoms with Crippen molar-refractivity contribution in [1.29, 1.82) is 0 Å². The Kier molecular flexibility index (Phi) is 11.3. The number of rotatable bonds is 11. The first-order valence-electron chi connectivity index (χ1n) is 7.17. The third-order valence-corrected chi connectivity index (χ3v) is 3.08. The van der Waals surface area contributed by atoms with Gasteiger partial charge in [-0.2, -0.15) is 0 Å². The molecule has 0 aromatic carbocycles. The summed E-state index contributed by atoms with van der Waals surface area (Å²) in [7, 11) is 0. The van der Waals surface area contributed by atoms with Crippen LogP contribution < -0.4 is 5.32 Å². The number of nitrogens with zero attached hydrogens (tertiary/aromatic N) is 1. The van der Waals surface area contributed by atoms with Gasteiger partial charge in [-0.05, 0) is 59.3 Å². The van der Waals surface area contributed by atoms with Crippen LogP contribution in [0.4, 0.5) is 0 Å². The lowest BCUT2D eigenvalue weighted by molar-refractivity contribution is 0.213. The average molecular weight is 228 g/mol. The van der Waals surface area contributed by atoms with Crippen LogP contribution in [0.15, 0.2) is 0 Å². The number of hydrogen-bond donors (Lipinski definition) is 1. The molecule has 98 valence electrons. The summed E-state index contributed by atoms with van der Waals surface area (Å²) in [5, 5.41) is 3.39. The van der Waals surface area contributed by atoms with E-state index >= 15 is 0 Å². The molecular formula is C14H32N2. The lowest BCUT2D eigenvalue weighted by atomic mass is 10.2. The van der Waals surface area contributed by atoms with E-state index in [1.165, 1.54) is 51.7 Å². The lowest BCUT2D eigenvalue weighted by Gasteiger charge is -2.26. The van der Waals surface area contributed by atoms with Crippen molar-refractivity contribution in [2.45, 2.75) is 65.8 Å². The van der Waals surface area contributed by atoms with Crippen molar-refractivity contribution in [1.82, 2.24) is 10.2 Å². The van der Waals surface area contributed by atoms with E-state index in [0.717, 1.165) is 6.54 Å². The highest BCUT2D eigenvalue weighted by molar-refractivity contribution is 4.63. The molecular weight excluding hydrogens is 196 g/mol. The summed E-state index contributed by atoms with van der Waals surface area (Å²) in [6, 6.07) is 0.705. The smallest absolute Gasteiger partial charge is 0.00385 e. The van der Waals surface area contributed by atoms with Gasteiger partial charge >= 0.3 is 0 Å². The van der Waals surface area contributed by atoms with Gasteiger partial charge in [0.15, 0.2) is 0 Å². The first-order chi connectivity index (χ1) is 7.72. The Morgan fingerprint density at radius 2 is 1.56 bits per heavy atom. The fraction of sp³-hybridized carbons (Fsp3) is 1.00. The van der Waals surface area contributed by atoms with Crippen LogP contribution in [0.5, 0.6) is 0 Å². The molecule has 0 aliphatic heterocycles. The largest absolute Gasteiger partial charge is 0.317 e. The van der Waals surface area contributed by atoms with Crippen molar-refractivity contribution in [2.24, 2.45) is 0 Å². The van der Waals surface area contributed by atoms with Gasteiger partial charge in [0.05, 0.1) is 0 Å². The number of hydrogen-bond acceptors (Lipinski definition) is 2. The van der Waals surface area contributed by atoms with Crippen molar-refractivity contribution in [3.8, 4) is 0 Å². The van der Waals surface area contributed by atoms with Gasteiger partial charge in [-0.25, -0.2) is 0 Å². The molecule has 0 spiro atoms. The lowest BCUT2D eigenvalue weighted by Crippen LogP contribution is -2.33. The van der Waals surface area contributed by atoms with Crippen LogP contribution in [0.1, 0.15) is 59.8 Å². The molecule has 0 aliphatic carbocycles. The SMILES string of the molecule is CCCCCN(CCCCNCC)C(C)C. The van der Waals surface area contributed by atoms with E-state index in [1.54, 1.807) is 0 Å². The third kappa shape index (κ3) is 9.17. The van der Waals surface area contributed by atoms with Crippen LogP contribution in [0, 0.1) is 0 Å². The maximum absolute atomic E-state index is 3.39. The Labute approximate surface area is 103 Å². The zero-order chi connectivity index (χ0) is 12.2. The zero-order valence-electron chi connectivity index (χ0n) is 11.9. The second kappa shape index (κ2) is 11.4. The predicted molar refractivity (Wildman–Crippen MR) is 74.0 cm³/mol. The summed E-state index contributed by atoms with van der Waals surface area (Å²) in [5.41, 5.74) is 0. The quantitative estimate of drug-likeness (QED) is 0.546. The second-order valence-electron chi connectivity index (χ2n) is 4.90. The van der Waals surface area contributed by atoms with Gasteiger partial charge in [-0.3, -0.25) is 0 Å². The molecule has 0 rings (SSSR count). The molecule has 0 unspecified atom stereocenters. The van der Waals surface area contributed by atoms with E-state index < -0.39 is 0 Å². The molecule has 16 heavy (non-hydrogen) atoms. The summed E-state index contributed by atoms with van der Waals surface area (Å²) in [6.45, 7) is 13.9. The van der Waals surface area contributed by atoms with E-state index in [4.69, 9.17) is 0 Å². The first-order valence-corrected chi connectivity index (χ1v) is 7.17. The maximum Gasteiger partial charge on any atom is 0.00385 e. The van der Waals surface area contributed by atoms with Crippen molar-refractivity contribution in [3.63, 3.8) is 0 Å². The minimum absolute atomic E-state index is 0.705. The van der Waals surface area contributed by atoms with Crippen LogP contribution in [0.3, 0.4) is 0 Å². The van der Waals surface area contributed by atoms with Crippen LogP contribution >= 0.6 is 0 Å². The maximum atomic E-state index is 3.39. The highest BCUT2D eigenvalue weighted by Crippen LogP contribution is 2.05. The fourth-order valence-corrected chi connectivity index (χ4v) is 1.93. The first kappa shape index (κ1) is 15.9. The number of nitrogens with one attached hydrogen (secondary N) is 1. The van der Waals surface area contributed by atoms with E-state index in [-0.39, 0.29) is 0 Å². The molecule has 0 aliphatic rings. The van der Waals surface area contributed by atoms with E-state index in [0.29, 0.717) is 6.04 Å². The summed E-state index contributed by atoms with van der Waals surface area (Å²) in [6.07, 6.45) is 6.71. The predicted octanol–water partition coefficient (Wildman–Crippen LogP) is 3.28. The van der Waals surface area contributed by atoms with Crippen LogP contribution in [-0.4, -0.2) is 37.1 Å². The number of unbranched alkanes of at least 4 members (excludes halogenated alkanes) is 3. The average Bonchev–Trinajstić information content (AvgIpc) is 2.26. The monoisotopic (exact) mass is 228 g/mol. The molecule has 0 atom stereocenters. The van der Waals surface area contributed by atoms with Gasteiger partial charge in [-0.1, -0.05) is 26.7 Å². The molecule has 0 fully saturated rings. The van der Waals surface area contributed by atoms with Gasteiger partial charge in [0, 0.05) is 6.04 Å². The Morgan fingerprint density at radius 1 is 0.938 bits per heavy atom. The minimum Gasteiger partial charge on any atom is -0.317 e. The van der Waals surface area contributed by atoms with Gasteiger partial charge in [0.2, 0.25) is 0 Å². The summed E-state index contributed by atoms with van der Waals surface area (Å²) < 4.78 is 0. The highest BCUT2D eigenvalue weighted by atomic mass is 15.1. The fourth-order valence-electron chi connectivity index (χ4n) is 1.93. The molecule has 0 saturated carbocycles. The minimum atomic E-state index is 0.705. The molecule has 2 heteroatoms. The molecule has 0 heterocycles. The van der Waals surface area contributed by atoms with Crippen LogP contribution in [0.2, 0.25) is 0 Å². The van der Waals surface area contributed by atoms with Gasteiger partial charge in [0.1, 0.15) is 0 Å². The molecule has 2 nitrogen and oxygen atoms in total. The van der Waals surface area contributed by atoms with Crippen LogP contribution in [-0.2, 0) is 0 Å². The highest BCUT2D eigenvalue weighted by Gasteiger charge is 2.07. The zero-order valence-corrected chi connectivity index (χ0v) is 11.9. The standard InChI is InChI=1S/C14H32N2/c1-5-7-9-12-16(14(3)4)13-10-8-11-15-6-2/h14-15H,5-13H2,1-4H3. The van der Waals surface area contributed by atoms with Gasteiger partial charge in [0.25, 0.3) is 0 Å². The molecule has 0 radical (unpaired) electrons. The third-order valence-electron chi connectivity index (χ3n) is 3.08. The van der Waals surface area contributed by atoms with Gasteiger partial charge < -0.3 is 10.2 Å². The van der Waals surface area contributed by atoms with Crippen LogP contribution in [0.25, 0.3) is 0 Å². The van der Waals surface area contributed by atoms with Gasteiger partial charge in [-0.15, -0.1) is 0 Å². The molecule has 0 aromatic heterocycles. The Morgan fingerprint density at radius 3 is 2.06 bits per heavy atom. The summed E-state index contributed by atoms with van der Waals surface area (Å²) >= 11 is 0. The van der Waals surface area contributed by atoms with E-state index in [9.17, 15) is 0 Å². The van der Waals surface area contributed by atoms with E-state index in [2.05, 4.69) is 37.9 Å². The topological polar surface area (TPSA) is 15.3 Å². The molecule has 0 bridgehead atoms. The molecule has 0 aromatic rings. The van der Waals surface area contributed by atoms with Crippen molar-refractivity contribution in [2.75, 3.05) is 26.2 Å². The Bertz CT molecular complexity index is 135. The van der Waals surface area contributed by atoms with Crippen molar-refractivity contribution < 1.29 is 0 Å². The summed E-state index contributed by atoms with van der Waals surface area (Å²) in [4.78, 5) is 2.63. The molecule has 0 saturated heterocycles. The molecule has 1 N–H and O–H groups in total. The molecule has 0 amide bonds. The Balaban J connectivity index is 3.52.